The molecule has 0 spiro atoms. The number of rotatable bonds is 4. The second-order valence-electron chi connectivity index (χ2n) is 7.44. The van der Waals surface area contributed by atoms with E-state index in [0.29, 0.717) is 11.8 Å². The van der Waals surface area contributed by atoms with Gasteiger partial charge in [0.25, 0.3) is 5.91 Å². The lowest BCUT2D eigenvalue weighted by atomic mass is 9.84. The number of fused-ring (bicyclic) bond motifs is 1. The number of aromatic nitrogens is 2. The summed E-state index contributed by atoms with van der Waals surface area (Å²) >= 11 is 0. The maximum Gasteiger partial charge on any atom is 0.276 e. The molecule has 6 heteroatoms. The van der Waals surface area contributed by atoms with Gasteiger partial charge in [0.2, 0.25) is 5.43 Å². The molecule has 3 aromatic rings. The summed E-state index contributed by atoms with van der Waals surface area (Å²) < 4.78 is 13.8. The van der Waals surface area contributed by atoms with Crippen LogP contribution >= 0.6 is 0 Å². The van der Waals surface area contributed by atoms with Crippen LogP contribution in [0.15, 0.2) is 53.3 Å². The highest BCUT2D eigenvalue weighted by Crippen LogP contribution is 2.41. The summed E-state index contributed by atoms with van der Waals surface area (Å²) in [5, 5.41) is 9.40. The Hall–Kier alpha value is -3.02. The Kier molecular flexibility index (Phi) is 4.94. The average molecular weight is 379 g/mol. The van der Waals surface area contributed by atoms with Gasteiger partial charge in [0.05, 0.1) is 5.39 Å². The van der Waals surface area contributed by atoms with Gasteiger partial charge < -0.3 is 5.32 Å². The Morgan fingerprint density at radius 1 is 1.18 bits per heavy atom. The summed E-state index contributed by atoms with van der Waals surface area (Å²) in [4.78, 5) is 25.3. The molecule has 1 heterocycles. The number of nitrogens with zero attached hydrogens (tertiary/aromatic N) is 1. The van der Waals surface area contributed by atoms with E-state index in [1.54, 1.807) is 0 Å². The molecule has 1 aliphatic carbocycles. The minimum atomic E-state index is -0.570. The van der Waals surface area contributed by atoms with Crippen molar-refractivity contribution in [3.8, 4) is 0 Å². The Balaban J connectivity index is 1.56. The maximum absolute atomic E-state index is 13.8. The molecule has 0 radical (unpaired) electrons. The highest BCUT2D eigenvalue weighted by Gasteiger charge is 2.33. The van der Waals surface area contributed by atoms with E-state index in [4.69, 9.17) is 0 Å². The number of halogens is 1. The van der Waals surface area contributed by atoms with Crippen molar-refractivity contribution >= 4 is 16.8 Å². The zero-order valence-corrected chi connectivity index (χ0v) is 15.6. The third kappa shape index (κ3) is 3.30. The molecule has 3 unspecified atom stereocenters. The number of hydrogen-bond acceptors (Lipinski definition) is 3. The Morgan fingerprint density at radius 2 is 1.96 bits per heavy atom. The standard InChI is InChI=1S/C22H22FN3O2/c1-13(15-9-5-10-16(15)14-7-3-2-4-8-14)24-22(28)20-21(27)17-11-6-12-18(23)19(17)25-26-20/h2-4,6-8,11-13,15-16H,5,9-10H2,1H3,(H,24,28)(H,25,27). The van der Waals surface area contributed by atoms with Gasteiger partial charge in [-0.05, 0) is 49.3 Å². The van der Waals surface area contributed by atoms with Crippen molar-refractivity contribution in [2.75, 3.05) is 0 Å². The van der Waals surface area contributed by atoms with E-state index in [1.165, 1.54) is 23.8 Å². The first-order chi connectivity index (χ1) is 13.6. The lowest BCUT2D eigenvalue weighted by molar-refractivity contribution is 0.0917. The first-order valence-corrected chi connectivity index (χ1v) is 9.59. The molecule has 3 atom stereocenters. The number of nitrogens with one attached hydrogen (secondary N) is 2. The van der Waals surface area contributed by atoms with E-state index in [1.807, 2.05) is 25.1 Å². The summed E-state index contributed by atoms with van der Waals surface area (Å²) in [7, 11) is 0. The SMILES string of the molecule is CC(NC(=O)c1n[nH]c2c(F)cccc2c1=O)C1CCCC1c1ccccc1. The van der Waals surface area contributed by atoms with Crippen LogP contribution in [0, 0.1) is 11.7 Å². The van der Waals surface area contributed by atoms with Gasteiger partial charge in [-0.3, -0.25) is 14.7 Å². The van der Waals surface area contributed by atoms with Crippen LogP contribution in [-0.4, -0.2) is 22.1 Å². The number of hydrogen-bond donors (Lipinski definition) is 2. The molecule has 0 aliphatic heterocycles. The zero-order valence-electron chi connectivity index (χ0n) is 15.6. The van der Waals surface area contributed by atoms with Gasteiger partial charge in [0, 0.05) is 6.04 Å². The van der Waals surface area contributed by atoms with Crippen LogP contribution < -0.4 is 10.7 Å². The van der Waals surface area contributed by atoms with Crippen molar-refractivity contribution < 1.29 is 9.18 Å². The van der Waals surface area contributed by atoms with Crippen molar-refractivity contribution in [3.05, 3.63) is 75.8 Å². The fourth-order valence-electron chi connectivity index (χ4n) is 4.35. The second kappa shape index (κ2) is 7.54. The van der Waals surface area contributed by atoms with Crippen LogP contribution in [0.3, 0.4) is 0 Å². The molecular formula is C22H22FN3O2. The van der Waals surface area contributed by atoms with E-state index in [-0.39, 0.29) is 22.6 Å². The molecule has 2 N–H and O–H groups in total. The van der Waals surface area contributed by atoms with Crippen molar-refractivity contribution in [1.29, 1.82) is 0 Å². The number of para-hydroxylation sites is 1. The molecular weight excluding hydrogens is 357 g/mol. The third-order valence-corrected chi connectivity index (χ3v) is 5.77. The predicted molar refractivity (Wildman–Crippen MR) is 106 cm³/mol. The second-order valence-corrected chi connectivity index (χ2v) is 7.44. The molecule has 1 saturated carbocycles. The van der Waals surface area contributed by atoms with E-state index < -0.39 is 17.2 Å². The van der Waals surface area contributed by atoms with Crippen molar-refractivity contribution in [2.24, 2.45) is 5.92 Å². The van der Waals surface area contributed by atoms with Crippen molar-refractivity contribution in [2.45, 2.75) is 38.1 Å². The van der Waals surface area contributed by atoms with Gasteiger partial charge in [0.15, 0.2) is 5.69 Å². The minimum absolute atomic E-state index is 0.0111. The largest absolute Gasteiger partial charge is 0.348 e. The van der Waals surface area contributed by atoms with Gasteiger partial charge in [-0.1, -0.05) is 42.8 Å². The Morgan fingerprint density at radius 3 is 2.75 bits per heavy atom. The molecule has 1 aliphatic rings. The predicted octanol–water partition coefficient (Wildman–Crippen LogP) is 3.76. The van der Waals surface area contributed by atoms with Crippen LogP contribution in [0.25, 0.3) is 10.9 Å². The van der Waals surface area contributed by atoms with Crippen LogP contribution in [0.1, 0.15) is 48.2 Å². The molecule has 0 saturated heterocycles. The summed E-state index contributed by atoms with van der Waals surface area (Å²) in [6.45, 7) is 1.97. The number of carbonyl (C=O) groups is 1. The highest BCUT2D eigenvalue weighted by atomic mass is 19.1. The van der Waals surface area contributed by atoms with Gasteiger partial charge in [-0.25, -0.2) is 4.39 Å². The highest BCUT2D eigenvalue weighted by molar-refractivity contribution is 5.95. The lowest BCUT2D eigenvalue weighted by Gasteiger charge is -2.27. The fraction of sp³-hybridized carbons (Fsp3) is 0.318. The van der Waals surface area contributed by atoms with Gasteiger partial charge in [-0.2, -0.15) is 5.10 Å². The van der Waals surface area contributed by atoms with E-state index in [0.717, 1.165) is 19.3 Å². The van der Waals surface area contributed by atoms with Crippen molar-refractivity contribution in [3.63, 3.8) is 0 Å². The van der Waals surface area contributed by atoms with Crippen molar-refractivity contribution in [1.82, 2.24) is 15.5 Å². The molecule has 5 nitrogen and oxygen atoms in total. The van der Waals surface area contributed by atoms with E-state index in [9.17, 15) is 14.0 Å². The smallest absolute Gasteiger partial charge is 0.276 e. The number of aromatic amines is 1. The van der Waals surface area contributed by atoms with E-state index in [2.05, 4.69) is 27.6 Å². The number of amides is 1. The summed E-state index contributed by atoms with van der Waals surface area (Å²) in [5.41, 5.74) is 0.489. The molecule has 4 rings (SSSR count). The molecule has 1 amide bonds. The van der Waals surface area contributed by atoms with E-state index >= 15 is 0 Å². The quantitative estimate of drug-likeness (QED) is 0.725. The molecule has 144 valence electrons. The Bertz CT molecular complexity index is 1060. The minimum Gasteiger partial charge on any atom is -0.348 e. The van der Waals surface area contributed by atoms with Crippen LogP contribution in [0.5, 0.6) is 0 Å². The molecule has 2 aromatic carbocycles. The van der Waals surface area contributed by atoms with Gasteiger partial charge in [0.1, 0.15) is 11.3 Å². The average Bonchev–Trinajstić information content (AvgIpc) is 3.19. The Labute approximate surface area is 162 Å². The first kappa shape index (κ1) is 18.3. The molecule has 0 bridgehead atoms. The fourth-order valence-corrected chi connectivity index (χ4v) is 4.35. The topological polar surface area (TPSA) is 74.8 Å². The summed E-state index contributed by atoms with van der Waals surface area (Å²) in [6.07, 6.45) is 3.22. The van der Waals surface area contributed by atoms with Crippen LogP contribution in [0.2, 0.25) is 0 Å². The summed E-state index contributed by atoms with van der Waals surface area (Å²) in [6, 6.07) is 14.4. The third-order valence-electron chi connectivity index (χ3n) is 5.77. The monoisotopic (exact) mass is 379 g/mol. The number of H-pyrrole nitrogens is 1. The van der Waals surface area contributed by atoms with Crippen LogP contribution in [-0.2, 0) is 0 Å². The molecule has 1 fully saturated rings. The number of benzene rings is 2. The maximum atomic E-state index is 13.8. The van der Waals surface area contributed by atoms with Gasteiger partial charge in [-0.15, -0.1) is 0 Å². The van der Waals surface area contributed by atoms with Crippen LogP contribution in [0.4, 0.5) is 4.39 Å². The zero-order chi connectivity index (χ0) is 19.7. The lowest BCUT2D eigenvalue weighted by Crippen LogP contribution is -2.41. The molecule has 1 aromatic heterocycles. The molecule has 28 heavy (non-hydrogen) atoms. The summed E-state index contributed by atoms with van der Waals surface area (Å²) in [5.74, 6) is -0.422. The number of carbonyl (C=O) groups excluding carboxylic acids is 1. The first-order valence-electron chi connectivity index (χ1n) is 9.59. The van der Waals surface area contributed by atoms with Gasteiger partial charge >= 0.3 is 0 Å². The normalized spacial score (nSPS) is 20.2.